The minimum absolute atomic E-state index is 0.269. The van der Waals surface area contributed by atoms with E-state index in [1.165, 1.54) is 12.1 Å². The Balaban J connectivity index is 1.93. The van der Waals surface area contributed by atoms with Crippen LogP contribution in [0.5, 0.6) is 0 Å². The molecule has 0 spiro atoms. The fraction of sp³-hybridized carbons (Fsp3) is 0.100. The Labute approximate surface area is 169 Å². The summed E-state index contributed by atoms with van der Waals surface area (Å²) in [5, 5.41) is 5.26. The van der Waals surface area contributed by atoms with Gasteiger partial charge in [-0.2, -0.15) is 0 Å². The van der Waals surface area contributed by atoms with Crippen LogP contribution in [0.4, 0.5) is 15.9 Å². The molecule has 27 heavy (non-hydrogen) atoms. The standard InChI is InChI=1S/C20H14Cl2FN3S/c1-10-17(12-3-6-14(23)7-4-12)18-19(24-11(2)25-20(18)27-10)26-16-8-5-13(21)9-15(16)22/h3-9H,1-2H3,(H,24,25,26). The second kappa shape index (κ2) is 7.08. The van der Waals surface area contributed by atoms with Crippen molar-refractivity contribution in [2.24, 2.45) is 0 Å². The number of nitrogens with zero attached hydrogens (tertiary/aromatic N) is 2. The number of rotatable bonds is 3. The van der Waals surface area contributed by atoms with E-state index in [0.717, 1.165) is 26.2 Å². The number of hydrogen-bond acceptors (Lipinski definition) is 4. The highest BCUT2D eigenvalue weighted by molar-refractivity contribution is 7.19. The Morgan fingerprint density at radius 2 is 1.74 bits per heavy atom. The first-order chi connectivity index (χ1) is 12.9. The predicted molar refractivity (Wildman–Crippen MR) is 112 cm³/mol. The van der Waals surface area contributed by atoms with E-state index in [0.29, 0.717) is 27.4 Å². The van der Waals surface area contributed by atoms with Gasteiger partial charge in [0.15, 0.2) is 0 Å². The molecular weight excluding hydrogens is 404 g/mol. The van der Waals surface area contributed by atoms with E-state index >= 15 is 0 Å². The van der Waals surface area contributed by atoms with Crippen molar-refractivity contribution in [3.63, 3.8) is 0 Å². The monoisotopic (exact) mass is 417 g/mol. The van der Waals surface area contributed by atoms with Gasteiger partial charge in [-0.3, -0.25) is 0 Å². The molecule has 136 valence electrons. The van der Waals surface area contributed by atoms with E-state index in [1.54, 1.807) is 35.6 Å². The molecule has 0 atom stereocenters. The molecule has 0 unspecified atom stereocenters. The number of thiophene rings is 1. The first-order valence-electron chi connectivity index (χ1n) is 8.18. The van der Waals surface area contributed by atoms with Gasteiger partial charge < -0.3 is 5.32 Å². The number of aromatic nitrogens is 2. The van der Waals surface area contributed by atoms with Crippen LogP contribution in [0.2, 0.25) is 10.0 Å². The molecule has 0 amide bonds. The molecule has 2 heterocycles. The van der Waals surface area contributed by atoms with Crippen LogP contribution in [0.3, 0.4) is 0 Å². The lowest BCUT2D eigenvalue weighted by molar-refractivity contribution is 0.628. The molecule has 0 saturated carbocycles. The van der Waals surface area contributed by atoms with Crippen LogP contribution >= 0.6 is 34.5 Å². The van der Waals surface area contributed by atoms with Crippen LogP contribution in [0.1, 0.15) is 10.7 Å². The van der Waals surface area contributed by atoms with Crippen molar-refractivity contribution in [2.45, 2.75) is 13.8 Å². The van der Waals surface area contributed by atoms with Gasteiger partial charge in [-0.1, -0.05) is 35.3 Å². The van der Waals surface area contributed by atoms with Gasteiger partial charge in [0.25, 0.3) is 0 Å². The number of fused-ring (bicyclic) bond motifs is 1. The lowest BCUT2D eigenvalue weighted by Gasteiger charge is -2.11. The van der Waals surface area contributed by atoms with Gasteiger partial charge in [-0.25, -0.2) is 14.4 Å². The number of aryl methyl sites for hydroxylation is 2. The first-order valence-corrected chi connectivity index (χ1v) is 9.75. The fourth-order valence-corrected chi connectivity index (χ4v) is 4.54. The summed E-state index contributed by atoms with van der Waals surface area (Å²) in [6.07, 6.45) is 0. The lowest BCUT2D eigenvalue weighted by Crippen LogP contribution is -1.99. The molecule has 0 bridgehead atoms. The number of nitrogens with one attached hydrogen (secondary N) is 1. The summed E-state index contributed by atoms with van der Waals surface area (Å²) in [4.78, 5) is 11.1. The van der Waals surface area contributed by atoms with Gasteiger partial charge in [0.05, 0.1) is 16.1 Å². The average molecular weight is 418 g/mol. The highest BCUT2D eigenvalue weighted by Crippen LogP contribution is 2.42. The molecule has 0 aliphatic carbocycles. The van der Waals surface area contributed by atoms with Crippen molar-refractivity contribution in [3.05, 3.63) is 69.0 Å². The summed E-state index contributed by atoms with van der Waals surface area (Å²) >= 11 is 13.9. The normalized spacial score (nSPS) is 11.1. The van der Waals surface area contributed by atoms with Gasteiger partial charge in [0, 0.05) is 15.5 Å². The Kier molecular flexibility index (Phi) is 4.76. The molecule has 4 aromatic rings. The second-order valence-electron chi connectivity index (χ2n) is 6.09. The topological polar surface area (TPSA) is 37.8 Å². The third kappa shape index (κ3) is 3.50. The Morgan fingerprint density at radius 1 is 1.00 bits per heavy atom. The van der Waals surface area contributed by atoms with Crippen LogP contribution in [0.15, 0.2) is 42.5 Å². The number of hydrogen-bond donors (Lipinski definition) is 1. The highest BCUT2D eigenvalue weighted by atomic mass is 35.5. The molecule has 0 aliphatic heterocycles. The van der Waals surface area contributed by atoms with Gasteiger partial charge in [0.2, 0.25) is 0 Å². The van der Waals surface area contributed by atoms with Crippen molar-refractivity contribution < 1.29 is 4.39 Å². The van der Waals surface area contributed by atoms with Gasteiger partial charge in [0.1, 0.15) is 22.3 Å². The quantitative estimate of drug-likeness (QED) is 0.383. The maximum absolute atomic E-state index is 13.4. The van der Waals surface area contributed by atoms with E-state index in [1.807, 2.05) is 19.9 Å². The zero-order valence-electron chi connectivity index (χ0n) is 14.5. The predicted octanol–water partition coefficient (Wildman–Crippen LogP) is 7.16. The fourth-order valence-electron chi connectivity index (χ4n) is 2.99. The van der Waals surface area contributed by atoms with Crippen molar-refractivity contribution >= 4 is 56.3 Å². The van der Waals surface area contributed by atoms with Crippen molar-refractivity contribution in [1.82, 2.24) is 9.97 Å². The molecular formula is C20H14Cl2FN3S. The SMILES string of the molecule is Cc1nc(Nc2ccc(Cl)cc2Cl)c2c(-c3ccc(F)cc3)c(C)sc2n1. The van der Waals surface area contributed by atoms with Gasteiger partial charge in [-0.05, 0) is 49.7 Å². The van der Waals surface area contributed by atoms with E-state index in [2.05, 4.69) is 15.3 Å². The molecule has 7 heteroatoms. The smallest absolute Gasteiger partial charge is 0.143 e. The zero-order chi connectivity index (χ0) is 19.1. The summed E-state index contributed by atoms with van der Waals surface area (Å²) in [7, 11) is 0. The third-order valence-corrected chi connectivity index (χ3v) is 5.70. The minimum atomic E-state index is -0.269. The molecule has 3 nitrogen and oxygen atoms in total. The highest BCUT2D eigenvalue weighted by Gasteiger charge is 2.18. The van der Waals surface area contributed by atoms with Crippen LogP contribution in [-0.2, 0) is 0 Å². The first kappa shape index (κ1) is 18.2. The molecule has 1 N–H and O–H groups in total. The van der Waals surface area contributed by atoms with E-state index in [4.69, 9.17) is 23.2 Å². The molecule has 2 aromatic heterocycles. The summed E-state index contributed by atoms with van der Waals surface area (Å²) < 4.78 is 13.4. The number of anilines is 2. The molecule has 0 saturated heterocycles. The second-order valence-corrected chi connectivity index (χ2v) is 8.14. The van der Waals surface area contributed by atoms with E-state index in [-0.39, 0.29) is 5.82 Å². The maximum atomic E-state index is 13.4. The molecule has 2 aromatic carbocycles. The summed E-state index contributed by atoms with van der Waals surface area (Å²) in [5.74, 6) is 1.04. The largest absolute Gasteiger partial charge is 0.338 e. The summed E-state index contributed by atoms with van der Waals surface area (Å²) in [5.41, 5.74) is 2.61. The lowest BCUT2D eigenvalue weighted by atomic mass is 10.0. The third-order valence-electron chi connectivity index (χ3n) is 4.16. The van der Waals surface area contributed by atoms with Crippen molar-refractivity contribution in [3.8, 4) is 11.1 Å². The summed E-state index contributed by atoms with van der Waals surface area (Å²) in [6.45, 7) is 3.88. The van der Waals surface area contributed by atoms with Crippen LogP contribution in [0.25, 0.3) is 21.3 Å². The van der Waals surface area contributed by atoms with Crippen LogP contribution < -0.4 is 5.32 Å². The number of halogens is 3. The van der Waals surface area contributed by atoms with E-state index in [9.17, 15) is 4.39 Å². The van der Waals surface area contributed by atoms with Crippen LogP contribution in [0, 0.1) is 19.7 Å². The van der Waals surface area contributed by atoms with Gasteiger partial charge in [-0.15, -0.1) is 11.3 Å². The molecule has 0 fully saturated rings. The Hall–Kier alpha value is -2.21. The van der Waals surface area contributed by atoms with E-state index < -0.39 is 0 Å². The average Bonchev–Trinajstić information content (AvgIpc) is 2.94. The summed E-state index contributed by atoms with van der Waals surface area (Å²) in [6, 6.07) is 11.7. The Morgan fingerprint density at radius 3 is 2.44 bits per heavy atom. The number of benzene rings is 2. The molecule has 0 aliphatic rings. The molecule has 4 rings (SSSR count). The zero-order valence-corrected chi connectivity index (χ0v) is 16.8. The van der Waals surface area contributed by atoms with Gasteiger partial charge >= 0.3 is 0 Å². The Bertz CT molecular complexity index is 1160. The van der Waals surface area contributed by atoms with Crippen LogP contribution in [-0.4, -0.2) is 9.97 Å². The molecule has 0 radical (unpaired) electrons. The maximum Gasteiger partial charge on any atom is 0.143 e. The minimum Gasteiger partial charge on any atom is -0.338 e. The van der Waals surface area contributed by atoms with Crippen molar-refractivity contribution in [2.75, 3.05) is 5.32 Å². The van der Waals surface area contributed by atoms with Crippen molar-refractivity contribution in [1.29, 1.82) is 0 Å².